The summed E-state index contributed by atoms with van der Waals surface area (Å²) in [5.41, 5.74) is 8.91. The van der Waals surface area contributed by atoms with Crippen molar-refractivity contribution in [3.63, 3.8) is 0 Å². The molecule has 1 fully saturated rings. The maximum Gasteiger partial charge on any atom is 0.490 e. The van der Waals surface area contributed by atoms with E-state index in [9.17, 15) is 13.2 Å². The first-order valence-corrected chi connectivity index (χ1v) is 7.11. The fourth-order valence-electron chi connectivity index (χ4n) is 2.67. The molecule has 0 aliphatic heterocycles. The van der Waals surface area contributed by atoms with Crippen molar-refractivity contribution in [1.82, 2.24) is 19.5 Å². The van der Waals surface area contributed by atoms with Crippen molar-refractivity contribution < 1.29 is 23.1 Å². The van der Waals surface area contributed by atoms with Gasteiger partial charge in [-0.25, -0.2) is 14.8 Å². The number of nitrogens with zero attached hydrogens (tertiary/aromatic N) is 3. The van der Waals surface area contributed by atoms with Crippen molar-refractivity contribution in [3.05, 3.63) is 24.8 Å². The summed E-state index contributed by atoms with van der Waals surface area (Å²) in [5.74, 6) is -2.76. The average Bonchev–Trinajstić information content (AvgIpc) is 3.09. The maximum absolute atomic E-state index is 10.6. The third-order valence-electron chi connectivity index (χ3n) is 3.90. The Hall–Kier alpha value is -2.62. The van der Waals surface area contributed by atoms with Gasteiger partial charge in [0, 0.05) is 23.7 Å². The molecule has 0 spiro atoms. The Morgan fingerprint density at radius 3 is 2.62 bits per heavy atom. The van der Waals surface area contributed by atoms with Gasteiger partial charge in [0.2, 0.25) is 0 Å². The lowest BCUT2D eigenvalue weighted by molar-refractivity contribution is -0.192. The van der Waals surface area contributed by atoms with Crippen molar-refractivity contribution in [1.29, 1.82) is 0 Å². The van der Waals surface area contributed by atoms with Crippen LogP contribution in [-0.4, -0.2) is 42.8 Å². The smallest absolute Gasteiger partial charge is 0.475 e. The molecule has 128 valence electrons. The number of fused-ring (bicyclic) bond motifs is 3. The van der Waals surface area contributed by atoms with E-state index >= 15 is 0 Å². The van der Waals surface area contributed by atoms with E-state index in [1.54, 1.807) is 0 Å². The Morgan fingerprint density at radius 1 is 1.38 bits per heavy atom. The minimum absolute atomic E-state index is 0.348. The molecule has 0 amide bonds. The van der Waals surface area contributed by atoms with Gasteiger partial charge in [-0.2, -0.15) is 13.2 Å². The van der Waals surface area contributed by atoms with Crippen molar-refractivity contribution >= 4 is 28.0 Å². The summed E-state index contributed by atoms with van der Waals surface area (Å²) < 4.78 is 34.0. The number of aromatic nitrogens is 4. The van der Waals surface area contributed by atoms with E-state index in [2.05, 4.69) is 25.6 Å². The summed E-state index contributed by atoms with van der Waals surface area (Å²) in [4.78, 5) is 20.8. The number of hydrogen-bond acceptors (Lipinski definition) is 4. The number of halogens is 3. The van der Waals surface area contributed by atoms with Crippen LogP contribution >= 0.6 is 0 Å². The molecule has 3 heterocycles. The quantitative estimate of drug-likeness (QED) is 0.628. The SMILES string of the molecule is NC1CC(n2cnc3cnc4[nH]ccc4c32)C1.O=C(O)C(F)(F)F. The molecule has 1 aliphatic rings. The van der Waals surface area contributed by atoms with Gasteiger partial charge in [-0.3, -0.25) is 0 Å². The first-order chi connectivity index (χ1) is 11.3. The van der Waals surface area contributed by atoms with E-state index in [0.717, 1.165) is 29.4 Å². The van der Waals surface area contributed by atoms with Gasteiger partial charge >= 0.3 is 12.1 Å². The molecule has 0 aromatic carbocycles. The standard InChI is InChI=1S/C12H13N5.C2HF3O2/c13-7-3-8(4-7)17-6-16-10-5-15-12-9(11(10)17)1-2-14-12;3-2(4,5)1(6)7/h1-2,5-8H,3-4,13H2,(H,14,15);(H,6,7). The van der Waals surface area contributed by atoms with Crippen molar-refractivity contribution in [2.24, 2.45) is 5.73 Å². The third-order valence-corrected chi connectivity index (χ3v) is 3.90. The Bertz CT molecular complexity index is 879. The number of rotatable bonds is 1. The molecule has 4 N–H and O–H groups in total. The highest BCUT2D eigenvalue weighted by Gasteiger charge is 2.38. The second-order valence-electron chi connectivity index (χ2n) is 5.57. The highest BCUT2D eigenvalue weighted by atomic mass is 19.4. The number of H-pyrrole nitrogens is 1. The van der Waals surface area contributed by atoms with Crippen LogP contribution < -0.4 is 5.73 Å². The number of nitrogens with one attached hydrogen (secondary N) is 1. The largest absolute Gasteiger partial charge is 0.490 e. The number of nitrogens with two attached hydrogens (primary N) is 1. The van der Waals surface area contributed by atoms with Crippen LogP contribution in [0.25, 0.3) is 22.1 Å². The van der Waals surface area contributed by atoms with Crippen LogP contribution in [0.4, 0.5) is 13.2 Å². The fraction of sp³-hybridized carbons (Fsp3) is 0.357. The normalized spacial score (nSPS) is 20.5. The average molecular weight is 341 g/mol. The van der Waals surface area contributed by atoms with E-state index in [1.807, 2.05) is 18.7 Å². The Balaban J connectivity index is 0.000000209. The predicted octanol–water partition coefficient (Wildman–Crippen LogP) is 2.21. The van der Waals surface area contributed by atoms with E-state index < -0.39 is 12.1 Å². The molecule has 10 heteroatoms. The zero-order valence-corrected chi connectivity index (χ0v) is 12.3. The van der Waals surface area contributed by atoms with Gasteiger partial charge in [-0.05, 0) is 18.9 Å². The van der Waals surface area contributed by atoms with Gasteiger partial charge in [-0.1, -0.05) is 0 Å². The predicted molar refractivity (Wildman–Crippen MR) is 79.3 cm³/mol. The number of carboxylic acids is 1. The van der Waals surface area contributed by atoms with Gasteiger partial charge in [0.1, 0.15) is 11.2 Å². The zero-order valence-electron chi connectivity index (χ0n) is 12.3. The van der Waals surface area contributed by atoms with Crippen LogP contribution in [0.3, 0.4) is 0 Å². The Kier molecular flexibility index (Phi) is 3.91. The first kappa shape index (κ1) is 16.2. The van der Waals surface area contributed by atoms with E-state index in [1.165, 1.54) is 5.52 Å². The minimum Gasteiger partial charge on any atom is -0.475 e. The summed E-state index contributed by atoms with van der Waals surface area (Å²) in [6.45, 7) is 0. The summed E-state index contributed by atoms with van der Waals surface area (Å²) >= 11 is 0. The molecule has 3 aromatic heterocycles. The number of imidazole rings is 1. The van der Waals surface area contributed by atoms with Crippen LogP contribution in [0.15, 0.2) is 24.8 Å². The number of pyridine rings is 1. The fourth-order valence-corrected chi connectivity index (χ4v) is 2.67. The van der Waals surface area contributed by atoms with Gasteiger partial charge in [0.05, 0.1) is 18.0 Å². The van der Waals surface area contributed by atoms with E-state index in [4.69, 9.17) is 15.6 Å². The number of aliphatic carboxylic acids is 1. The monoisotopic (exact) mass is 341 g/mol. The zero-order chi connectivity index (χ0) is 17.5. The molecular weight excluding hydrogens is 327 g/mol. The number of carboxylic acid groups (broad SMARTS) is 1. The molecule has 0 atom stereocenters. The van der Waals surface area contributed by atoms with Crippen LogP contribution in [0.5, 0.6) is 0 Å². The lowest BCUT2D eigenvalue weighted by Crippen LogP contribution is -2.37. The molecule has 3 aromatic rings. The van der Waals surface area contributed by atoms with Crippen LogP contribution in [0, 0.1) is 0 Å². The van der Waals surface area contributed by atoms with Crippen molar-refractivity contribution in [2.45, 2.75) is 31.1 Å². The molecule has 7 nitrogen and oxygen atoms in total. The molecule has 0 bridgehead atoms. The van der Waals surface area contributed by atoms with E-state index in [0.29, 0.717) is 12.1 Å². The molecule has 1 aliphatic carbocycles. The van der Waals surface area contributed by atoms with Crippen LogP contribution in [-0.2, 0) is 4.79 Å². The van der Waals surface area contributed by atoms with Crippen molar-refractivity contribution in [3.8, 4) is 0 Å². The molecular formula is C14H14F3N5O2. The maximum atomic E-state index is 10.6. The van der Waals surface area contributed by atoms with E-state index in [-0.39, 0.29) is 0 Å². The highest BCUT2D eigenvalue weighted by molar-refractivity contribution is 6.00. The lowest BCUT2D eigenvalue weighted by Gasteiger charge is -2.33. The Morgan fingerprint density at radius 2 is 2.04 bits per heavy atom. The number of carbonyl (C=O) groups is 1. The second-order valence-corrected chi connectivity index (χ2v) is 5.57. The number of aromatic amines is 1. The third kappa shape index (κ3) is 2.92. The van der Waals surface area contributed by atoms with Gasteiger partial charge in [0.15, 0.2) is 0 Å². The summed E-state index contributed by atoms with van der Waals surface area (Å²) in [6.07, 6.45) is 2.65. The van der Waals surface area contributed by atoms with Gasteiger partial charge in [-0.15, -0.1) is 0 Å². The molecule has 24 heavy (non-hydrogen) atoms. The Labute approximate surface area is 133 Å². The minimum atomic E-state index is -5.08. The van der Waals surface area contributed by atoms with Gasteiger partial charge in [0.25, 0.3) is 0 Å². The number of alkyl halides is 3. The van der Waals surface area contributed by atoms with Crippen LogP contribution in [0.2, 0.25) is 0 Å². The second kappa shape index (κ2) is 5.78. The van der Waals surface area contributed by atoms with Crippen LogP contribution in [0.1, 0.15) is 18.9 Å². The molecule has 4 rings (SSSR count). The first-order valence-electron chi connectivity index (χ1n) is 7.11. The highest BCUT2D eigenvalue weighted by Crippen LogP contribution is 2.34. The topological polar surface area (TPSA) is 110 Å². The van der Waals surface area contributed by atoms with Gasteiger partial charge < -0.3 is 20.4 Å². The summed E-state index contributed by atoms with van der Waals surface area (Å²) in [5, 5.41) is 8.26. The molecule has 0 saturated heterocycles. The van der Waals surface area contributed by atoms with Crippen molar-refractivity contribution in [2.75, 3.05) is 0 Å². The summed E-state index contributed by atoms with van der Waals surface area (Å²) in [7, 11) is 0. The number of hydrogen-bond donors (Lipinski definition) is 3. The molecule has 0 radical (unpaired) electrons. The molecule has 0 unspecified atom stereocenters. The lowest BCUT2D eigenvalue weighted by atomic mass is 9.87. The molecule has 1 saturated carbocycles. The summed E-state index contributed by atoms with van der Waals surface area (Å²) in [6, 6.07) is 2.90.